The summed E-state index contributed by atoms with van der Waals surface area (Å²) in [7, 11) is 1.67. The standard InChI is InChI=1S/C16H11ClN2OS/c1-20-11-4-2-9-6-13(18-14(9)8-11)10-3-5-12-15(7-10)21-16(17)19-12/h2-8,18H,1H3. The Morgan fingerprint density at radius 3 is 2.90 bits per heavy atom. The normalized spacial score (nSPS) is 11.3. The van der Waals surface area contributed by atoms with Gasteiger partial charge in [0, 0.05) is 22.7 Å². The van der Waals surface area contributed by atoms with Crippen molar-refractivity contribution in [2.75, 3.05) is 7.11 Å². The molecule has 5 heteroatoms. The van der Waals surface area contributed by atoms with Crippen molar-refractivity contribution in [2.24, 2.45) is 0 Å². The van der Waals surface area contributed by atoms with E-state index in [2.05, 4.69) is 34.2 Å². The SMILES string of the molecule is COc1ccc2cc(-c3ccc4nc(Cl)sc4c3)[nH]c2c1. The van der Waals surface area contributed by atoms with Crippen molar-refractivity contribution in [2.45, 2.75) is 0 Å². The maximum atomic E-state index is 5.96. The van der Waals surface area contributed by atoms with E-state index >= 15 is 0 Å². The summed E-state index contributed by atoms with van der Waals surface area (Å²) in [4.78, 5) is 7.70. The van der Waals surface area contributed by atoms with Gasteiger partial charge in [-0.2, -0.15) is 0 Å². The number of halogens is 1. The van der Waals surface area contributed by atoms with Crippen molar-refractivity contribution in [3.8, 4) is 17.0 Å². The maximum absolute atomic E-state index is 5.96. The molecule has 104 valence electrons. The van der Waals surface area contributed by atoms with E-state index in [0.29, 0.717) is 4.47 Å². The van der Waals surface area contributed by atoms with E-state index in [1.807, 2.05) is 18.2 Å². The fourth-order valence-corrected chi connectivity index (χ4v) is 3.52. The molecule has 4 rings (SSSR count). The van der Waals surface area contributed by atoms with Gasteiger partial charge in [0.2, 0.25) is 0 Å². The van der Waals surface area contributed by atoms with Crippen LogP contribution in [-0.2, 0) is 0 Å². The maximum Gasteiger partial charge on any atom is 0.184 e. The molecule has 2 heterocycles. The topological polar surface area (TPSA) is 37.9 Å². The van der Waals surface area contributed by atoms with E-state index < -0.39 is 0 Å². The van der Waals surface area contributed by atoms with Crippen molar-refractivity contribution in [1.29, 1.82) is 0 Å². The first kappa shape index (κ1) is 12.7. The molecule has 21 heavy (non-hydrogen) atoms. The second-order valence-corrected chi connectivity index (χ2v) is 6.40. The van der Waals surface area contributed by atoms with E-state index in [1.165, 1.54) is 11.3 Å². The minimum Gasteiger partial charge on any atom is -0.497 e. The number of benzene rings is 2. The monoisotopic (exact) mass is 314 g/mol. The number of hydrogen-bond donors (Lipinski definition) is 1. The lowest BCUT2D eigenvalue weighted by Gasteiger charge is -1.98. The van der Waals surface area contributed by atoms with Gasteiger partial charge in [-0.1, -0.05) is 17.7 Å². The second kappa shape index (κ2) is 4.76. The van der Waals surface area contributed by atoms with Crippen LogP contribution in [0.25, 0.3) is 32.4 Å². The number of nitrogens with one attached hydrogen (secondary N) is 1. The largest absolute Gasteiger partial charge is 0.497 e. The van der Waals surface area contributed by atoms with E-state index in [0.717, 1.165) is 38.1 Å². The predicted molar refractivity (Wildman–Crippen MR) is 88.5 cm³/mol. The summed E-state index contributed by atoms with van der Waals surface area (Å²) < 4.78 is 6.92. The summed E-state index contributed by atoms with van der Waals surface area (Å²) in [5.74, 6) is 0.848. The highest BCUT2D eigenvalue weighted by Crippen LogP contribution is 2.32. The summed E-state index contributed by atoms with van der Waals surface area (Å²) in [6.07, 6.45) is 0. The van der Waals surface area contributed by atoms with Gasteiger partial charge in [0.1, 0.15) is 5.75 Å². The van der Waals surface area contributed by atoms with Gasteiger partial charge < -0.3 is 9.72 Å². The van der Waals surface area contributed by atoms with Crippen molar-refractivity contribution < 1.29 is 4.74 Å². The highest BCUT2D eigenvalue weighted by Gasteiger charge is 2.07. The van der Waals surface area contributed by atoms with Crippen LogP contribution in [0.2, 0.25) is 4.47 Å². The Labute approximate surface area is 130 Å². The Kier molecular flexibility index (Phi) is 2.87. The van der Waals surface area contributed by atoms with Gasteiger partial charge in [-0.25, -0.2) is 4.98 Å². The first-order valence-electron chi connectivity index (χ1n) is 6.46. The minimum atomic E-state index is 0.573. The third-order valence-electron chi connectivity index (χ3n) is 3.50. The molecule has 2 aromatic heterocycles. The number of ether oxygens (including phenoxy) is 1. The van der Waals surface area contributed by atoms with E-state index in [-0.39, 0.29) is 0 Å². The zero-order valence-electron chi connectivity index (χ0n) is 11.2. The molecule has 0 aliphatic heterocycles. The molecule has 2 aromatic carbocycles. The third kappa shape index (κ3) is 2.17. The molecule has 0 radical (unpaired) electrons. The van der Waals surface area contributed by atoms with Crippen LogP contribution in [0, 0.1) is 0 Å². The van der Waals surface area contributed by atoms with Crippen molar-refractivity contribution >= 4 is 44.1 Å². The lowest BCUT2D eigenvalue weighted by molar-refractivity contribution is 0.415. The highest BCUT2D eigenvalue weighted by molar-refractivity contribution is 7.22. The summed E-state index contributed by atoms with van der Waals surface area (Å²) >= 11 is 7.46. The van der Waals surface area contributed by atoms with Crippen LogP contribution in [0.3, 0.4) is 0 Å². The van der Waals surface area contributed by atoms with Crippen LogP contribution < -0.4 is 4.74 Å². The molecule has 3 nitrogen and oxygen atoms in total. The van der Waals surface area contributed by atoms with Crippen LogP contribution in [0.5, 0.6) is 5.75 Å². The van der Waals surface area contributed by atoms with Crippen LogP contribution in [0.4, 0.5) is 0 Å². The van der Waals surface area contributed by atoms with Crippen molar-refractivity contribution in [1.82, 2.24) is 9.97 Å². The van der Waals surface area contributed by atoms with E-state index in [9.17, 15) is 0 Å². The minimum absolute atomic E-state index is 0.573. The zero-order chi connectivity index (χ0) is 14.4. The summed E-state index contributed by atoms with van der Waals surface area (Å²) in [5, 5.41) is 1.16. The number of methoxy groups -OCH3 is 1. The average molecular weight is 315 g/mol. The lowest BCUT2D eigenvalue weighted by Crippen LogP contribution is -1.81. The van der Waals surface area contributed by atoms with Crippen LogP contribution in [0.15, 0.2) is 42.5 Å². The zero-order valence-corrected chi connectivity index (χ0v) is 12.8. The number of fused-ring (bicyclic) bond motifs is 2. The molecule has 0 spiro atoms. The Morgan fingerprint density at radius 2 is 2.05 bits per heavy atom. The van der Waals surface area contributed by atoms with Crippen LogP contribution in [0.1, 0.15) is 0 Å². The number of rotatable bonds is 2. The molecule has 0 saturated carbocycles. The van der Waals surface area contributed by atoms with Crippen molar-refractivity contribution in [3.05, 3.63) is 46.9 Å². The van der Waals surface area contributed by atoms with Gasteiger partial charge in [0.25, 0.3) is 0 Å². The van der Waals surface area contributed by atoms with Gasteiger partial charge in [-0.3, -0.25) is 0 Å². The molecular formula is C16H11ClN2OS. The number of nitrogens with zero attached hydrogens (tertiary/aromatic N) is 1. The third-order valence-corrected chi connectivity index (χ3v) is 4.63. The molecule has 1 N–H and O–H groups in total. The molecule has 0 aliphatic carbocycles. The average Bonchev–Trinajstić information content (AvgIpc) is 3.07. The second-order valence-electron chi connectivity index (χ2n) is 4.79. The predicted octanol–water partition coefficient (Wildman–Crippen LogP) is 5.11. The molecule has 0 aliphatic rings. The number of aromatic nitrogens is 2. The van der Waals surface area contributed by atoms with Gasteiger partial charge in [-0.15, -0.1) is 11.3 Å². The Balaban J connectivity index is 1.86. The Hall–Kier alpha value is -2.04. The van der Waals surface area contributed by atoms with Crippen molar-refractivity contribution in [3.63, 3.8) is 0 Å². The molecule has 4 aromatic rings. The number of hydrogen-bond acceptors (Lipinski definition) is 3. The van der Waals surface area contributed by atoms with Gasteiger partial charge in [0.05, 0.1) is 17.3 Å². The number of aromatic amines is 1. The Morgan fingerprint density at radius 1 is 1.14 bits per heavy atom. The molecule has 0 amide bonds. The number of thiazole rings is 1. The van der Waals surface area contributed by atoms with Gasteiger partial charge >= 0.3 is 0 Å². The molecule has 0 saturated heterocycles. The first-order valence-corrected chi connectivity index (χ1v) is 7.65. The van der Waals surface area contributed by atoms with Gasteiger partial charge in [0.15, 0.2) is 4.47 Å². The number of H-pyrrole nitrogens is 1. The van der Waals surface area contributed by atoms with E-state index in [1.54, 1.807) is 7.11 Å². The highest BCUT2D eigenvalue weighted by atomic mass is 35.5. The quantitative estimate of drug-likeness (QED) is 0.558. The molecule has 0 unspecified atom stereocenters. The smallest absolute Gasteiger partial charge is 0.184 e. The Bertz CT molecular complexity index is 957. The van der Waals surface area contributed by atoms with Crippen LogP contribution >= 0.6 is 22.9 Å². The fourth-order valence-electron chi connectivity index (χ4n) is 2.45. The van der Waals surface area contributed by atoms with Crippen LogP contribution in [-0.4, -0.2) is 17.1 Å². The van der Waals surface area contributed by atoms with Gasteiger partial charge in [-0.05, 0) is 35.9 Å². The fraction of sp³-hybridized carbons (Fsp3) is 0.0625. The summed E-state index contributed by atoms with van der Waals surface area (Å²) in [6.45, 7) is 0. The van der Waals surface area contributed by atoms with E-state index in [4.69, 9.17) is 16.3 Å². The summed E-state index contributed by atoms with van der Waals surface area (Å²) in [5.41, 5.74) is 4.20. The lowest BCUT2D eigenvalue weighted by atomic mass is 10.1. The first-order chi connectivity index (χ1) is 10.2. The molecule has 0 fully saturated rings. The molecular weight excluding hydrogens is 304 g/mol. The summed E-state index contributed by atoms with van der Waals surface area (Å²) in [6, 6.07) is 14.3. The molecule has 0 atom stereocenters. The molecule has 0 bridgehead atoms.